The molecule has 1 unspecified atom stereocenters. The number of amides is 1. The van der Waals surface area contributed by atoms with Crippen molar-refractivity contribution in [1.29, 1.82) is 0 Å². The third-order valence-corrected chi connectivity index (χ3v) is 6.42. The fourth-order valence-corrected chi connectivity index (χ4v) is 3.74. The number of esters is 1. The van der Waals surface area contributed by atoms with E-state index in [0.717, 1.165) is 4.31 Å². The summed E-state index contributed by atoms with van der Waals surface area (Å²) in [5.41, 5.74) is 0.556. The van der Waals surface area contributed by atoms with Crippen LogP contribution in [0.2, 0.25) is 0 Å². The van der Waals surface area contributed by atoms with Crippen LogP contribution >= 0.6 is 0 Å². The first kappa shape index (κ1) is 24.0. The van der Waals surface area contributed by atoms with Crippen LogP contribution in [0.15, 0.2) is 82.3 Å². The lowest BCUT2D eigenvalue weighted by Crippen LogP contribution is -2.35. The third kappa shape index (κ3) is 6.21. The van der Waals surface area contributed by atoms with Gasteiger partial charge in [-0.1, -0.05) is 30.3 Å². The molecule has 1 atom stereocenters. The number of nitrogens with zero attached hydrogens (tertiary/aromatic N) is 1. The van der Waals surface area contributed by atoms with E-state index in [4.69, 9.17) is 13.9 Å². The van der Waals surface area contributed by atoms with Crippen molar-refractivity contribution in [2.75, 3.05) is 27.3 Å². The van der Waals surface area contributed by atoms with Crippen LogP contribution in [0.4, 0.5) is 0 Å². The molecule has 0 aliphatic carbocycles. The van der Waals surface area contributed by atoms with Crippen LogP contribution in [0, 0.1) is 0 Å². The van der Waals surface area contributed by atoms with Crippen LogP contribution in [-0.4, -0.2) is 51.9 Å². The number of hydrogen-bond donors (Lipinski definition) is 1. The molecule has 10 heteroatoms. The lowest BCUT2D eigenvalue weighted by molar-refractivity contribution is -0.146. The zero-order valence-electron chi connectivity index (χ0n) is 18.1. The predicted molar refractivity (Wildman–Crippen MR) is 119 cm³/mol. The molecule has 33 heavy (non-hydrogen) atoms. The van der Waals surface area contributed by atoms with Crippen molar-refractivity contribution in [2.24, 2.45) is 0 Å². The highest BCUT2D eigenvalue weighted by molar-refractivity contribution is 7.89. The Bertz CT molecular complexity index is 1160. The summed E-state index contributed by atoms with van der Waals surface area (Å²) in [7, 11) is -0.621. The quantitative estimate of drug-likeness (QED) is 0.356. The number of benzene rings is 2. The van der Waals surface area contributed by atoms with E-state index in [2.05, 4.69) is 5.32 Å². The summed E-state index contributed by atoms with van der Waals surface area (Å²) in [5, 5.41) is 2.61. The van der Waals surface area contributed by atoms with E-state index in [1.807, 2.05) is 0 Å². The molecule has 9 nitrogen and oxygen atoms in total. The first-order valence-corrected chi connectivity index (χ1v) is 11.4. The summed E-state index contributed by atoms with van der Waals surface area (Å²) in [5.74, 6) is -0.701. The number of nitrogens with one attached hydrogen (secondary N) is 1. The Labute approximate surface area is 192 Å². The lowest BCUT2D eigenvalue weighted by Gasteiger charge is -2.17. The number of ether oxygens (including phenoxy) is 2. The number of rotatable bonds is 10. The zero-order chi connectivity index (χ0) is 23.8. The first-order chi connectivity index (χ1) is 15.8. The molecule has 1 N–H and O–H groups in total. The number of carbonyl (C=O) groups is 2. The summed E-state index contributed by atoms with van der Waals surface area (Å²) in [6.45, 7) is -0.0320. The topological polar surface area (TPSA) is 115 Å². The standard InChI is InChI=1S/C23H24N2O7S/c1-25(2)33(28,29)19-12-10-18(11-13-19)30-15-16-32-23(27)21(17-7-4-3-5-8-17)24-22(26)20-9-6-14-31-20/h3-14,21H,15-16H2,1-2H3,(H,24,26). The highest BCUT2D eigenvalue weighted by Gasteiger charge is 2.25. The predicted octanol–water partition coefficient (Wildman–Crippen LogP) is 2.62. The van der Waals surface area contributed by atoms with E-state index in [9.17, 15) is 18.0 Å². The molecule has 1 aromatic heterocycles. The number of hydrogen-bond acceptors (Lipinski definition) is 7. The molecule has 3 aromatic rings. The lowest BCUT2D eigenvalue weighted by atomic mass is 10.1. The Morgan fingerprint density at radius 3 is 2.27 bits per heavy atom. The largest absolute Gasteiger partial charge is 0.490 e. The molecule has 0 saturated heterocycles. The third-order valence-electron chi connectivity index (χ3n) is 4.59. The Balaban J connectivity index is 1.56. The van der Waals surface area contributed by atoms with E-state index in [1.165, 1.54) is 50.7 Å². The van der Waals surface area contributed by atoms with E-state index in [-0.39, 0.29) is 23.9 Å². The fourth-order valence-electron chi connectivity index (χ4n) is 2.84. The molecule has 1 amide bonds. The van der Waals surface area contributed by atoms with Crippen molar-refractivity contribution >= 4 is 21.9 Å². The second-order valence-corrected chi connectivity index (χ2v) is 9.22. The van der Waals surface area contributed by atoms with Crippen molar-refractivity contribution in [3.63, 3.8) is 0 Å². The molecule has 0 aliphatic heterocycles. The van der Waals surface area contributed by atoms with E-state index >= 15 is 0 Å². The summed E-state index contributed by atoms with van der Waals surface area (Å²) in [6, 6.07) is 16.7. The van der Waals surface area contributed by atoms with Gasteiger partial charge in [0.05, 0.1) is 11.2 Å². The van der Waals surface area contributed by atoms with Gasteiger partial charge in [0.2, 0.25) is 10.0 Å². The monoisotopic (exact) mass is 472 g/mol. The van der Waals surface area contributed by atoms with Gasteiger partial charge in [0, 0.05) is 14.1 Å². The Hall–Kier alpha value is -3.63. The molecule has 1 heterocycles. The van der Waals surface area contributed by atoms with Gasteiger partial charge in [0.15, 0.2) is 11.8 Å². The van der Waals surface area contributed by atoms with Crippen LogP contribution in [-0.2, 0) is 19.6 Å². The Morgan fingerprint density at radius 1 is 0.970 bits per heavy atom. The van der Waals surface area contributed by atoms with Crippen LogP contribution in [0.5, 0.6) is 5.75 Å². The van der Waals surface area contributed by atoms with E-state index < -0.39 is 27.9 Å². The van der Waals surface area contributed by atoms with Gasteiger partial charge in [0.1, 0.15) is 19.0 Å². The Kier molecular flexibility index (Phi) is 7.86. The number of carbonyl (C=O) groups excluding carboxylic acids is 2. The van der Waals surface area contributed by atoms with Gasteiger partial charge >= 0.3 is 5.97 Å². The molecule has 0 fully saturated rings. The first-order valence-electron chi connectivity index (χ1n) is 10.0. The highest BCUT2D eigenvalue weighted by atomic mass is 32.2. The maximum atomic E-state index is 12.7. The molecule has 3 rings (SSSR count). The van der Waals surface area contributed by atoms with Crippen molar-refractivity contribution in [1.82, 2.24) is 9.62 Å². The summed E-state index contributed by atoms with van der Waals surface area (Å²) in [6.07, 6.45) is 1.37. The van der Waals surface area contributed by atoms with Gasteiger partial charge in [-0.2, -0.15) is 0 Å². The van der Waals surface area contributed by atoms with Gasteiger partial charge in [-0.3, -0.25) is 4.79 Å². The number of sulfonamides is 1. The molecule has 2 aromatic carbocycles. The second kappa shape index (κ2) is 10.8. The fraction of sp³-hybridized carbons (Fsp3) is 0.217. The normalized spacial score (nSPS) is 12.2. The van der Waals surface area contributed by atoms with E-state index in [0.29, 0.717) is 11.3 Å². The summed E-state index contributed by atoms with van der Waals surface area (Å²) >= 11 is 0. The van der Waals surface area contributed by atoms with Crippen LogP contribution < -0.4 is 10.1 Å². The molecular formula is C23H24N2O7S. The zero-order valence-corrected chi connectivity index (χ0v) is 18.9. The van der Waals surface area contributed by atoms with Crippen LogP contribution in [0.1, 0.15) is 22.2 Å². The van der Waals surface area contributed by atoms with Gasteiger partial charge in [0.25, 0.3) is 5.91 Å². The Morgan fingerprint density at radius 2 is 1.67 bits per heavy atom. The number of furan rings is 1. The van der Waals surface area contributed by atoms with Gasteiger partial charge in [-0.25, -0.2) is 17.5 Å². The molecular weight excluding hydrogens is 448 g/mol. The molecule has 174 valence electrons. The average molecular weight is 473 g/mol. The van der Waals surface area contributed by atoms with Crippen molar-refractivity contribution < 1.29 is 31.9 Å². The maximum Gasteiger partial charge on any atom is 0.333 e. The highest BCUT2D eigenvalue weighted by Crippen LogP contribution is 2.19. The smallest absolute Gasteiger partial charge is 0.333 e. The van der Waals surface area contributed by atoms with E-state index in [1.54, 1.807) is 36.4 Å². The van der Waals surface area contributed by atoms with Gasteiger partial charge in [-0.05, 0) is 42.0 Å². The van der Waals surface area contributed by atoms with Gasteiger partial charge < -0.3 is 19.2 Å². The summed E-state index contributed by atoms with van der Waals surface area (Å²) < 4.78 is 41.2. The van der Waals surface area contributed by atoms with Crippen molar-refractivity contribution in [3.8, 4) is 5.75 Å². The minimum Gasteiger partial charge on any atom is -0.490 e. The van der Waals surface area contributed by atoms with Crippen LogP contribution in [0.3, 0.4) is 0 Å². The minimum absolute atomic E-state index is 0.0408. The minimum atomic E-state index is -3.53. The molecule has 0 radical (unpaired) electrons. The van der Waals surface area contributed by atoms with Crippen molar-refractivity contribution in [3.05, 3.63) is 84.3 Å². The molecule has 0 bridgehead atoms. The van der Waals surface area contributed by atoms with Gasteiger partial charge in [-0.15, -0.1) is 0 Å². The second-order valence-electron chi connectivity index (χ2n) is 7.07. The molecule has 0 aliphatic rings. The molecule has 0 spiro atoms. The van der Waals surface area contributed by atoms with Crippen molar-refractivity contribution in [2.45, 2.75) is 10.9 Å². The maximum absolute atomic E-state index is 12.7. The summed E-state index contributed by atoms with van der Waals surface area (Å²) in [4.78, 5) is 25.2. The molecule has 0 saturated carbocycles. The SMILES string of the molecule is CN(C)S(=O)(=O)c1ccc(OCCOC(=O)C(NC(=O)c2ccco2)c2ccccc2)cc1. The average Bonchev–Trinajstić information content (AvgIpc) is 3.36. The van der Waals surface area contributed by atoms with Crippen LogP contribution in [0.25, 0.3) is 0 Å².